The van der Waals surface area contributed by atoms with Crippen LogP contribution in [0.3, 0.4) is 0 Å². The van der Waals surface area contributed by atoms with E-state index in [0.717, 1.165) is 96.3 Å². The van der Waals surface area contributed by atoms with E-state index in [1.54, 1.807) is 0 Å². The number of hydrogen-bond donors (Lipinski definition) is 0. The lowest BCUT2D eigenvalue weighted by molar-refractivity contribution is -0.167. The first-order valence-corrected chi connectivity index (χ1v) is 35.0. The Balaban J connectivity index is 4.26. The molecule has 1 unspecified atom stereocenters. The molecule has 0 rings (SSSR count). The minimum absolute atomic E-state index is 0.0718. The van der Waals surface area contributed by atoms with Gasteiger partial charge >= 0.3 is 17.9 Å². The lowest BCUT2D eigenvalue weighted by Crippen LogP contribution is -2.30. The molecule has 0 spiro atoms. The number of hydrogen-bond acceptors (Lipinski definition) is 6. The molecule has 0 amide bonds. The number of unbranched alkanes of at least 4 members (excludes halogenated alkanes) is 48. The van der Waals surface area contributed by atoms with E-state index >= 15 is 0 Å². The standard InChI is InChI=1S/C72H134O6/c1-4-7-10-13-16-19-22-25-28-30-32-34-35-36-38-39-41-44-47-50-53-56-59-62-65-71(74)77-68-69(67-76-70(73)64-61-58-55-52-49-46-43-27-24-21-18-15-12-9-6-3)78-72(75)66-63-60-57-54-51-48-45-42-40-37-33-31-29-26-23-20-17-14-11-8-5-2/h9,12,18,21,27,43,69H,4-8,10-11,13-17,19-20,22-26,28-42,44-68H2,1-3H3/b12-9-,21-18-,43-27-. The van der Waals surface area contributed by atoms with Gasteiger partial charge in [0.15, 0.2) is 6.10 Å². The highest BCUT2D eigenvalue weighted by atomic mass is 16.6. The molecule has 0 saturated carbocycles. The van der Waals surface area contributed by atoms with Gasteiger partial charge in [0, 0.05) is 19.3 Å². The lowest BCUT2D eigenvalue weighted by Gasteiger charge is -2.18. The van der Waals surface area contributed by atoms with Gasteiger partial charge in [0.05, 0.1) is 0 Å². The Morgan fingerprint density at radius 2 is 0.500 bits per heavy atom. The number of carbonyl (C=O) groups excluding carboxylic acids is 3. The van der Waals surface area contributed by atoms with Crippen molar-refractivity contribution in [3.05, 3.63) is 36.5 Å². The van der Waals surface area contributed by atoms with Gasteiger partial charge in [0.25, 0.3) is 0 Å². The van der Waals surface area contributed by atoms with E-state index in [0.29, 0.717) is 19.3 Å². The number of ether oxygens (including phenoxy) is 3. The second kappa shape index (κ2) is 67.1. The van der Waals surface area contributed by atoms with Gasteiger partial charge in [-0.2, -0.15) is 0 Å². The van der Waals surface area contributed by atoms with Crippen LogP contribution in [-0.4, -0.2) is 37.2 Å². The maximum Gasteiger partial charge on any atom is 0.306 e. The summed E-state index contributed by atoms with van der Waals surface area (Å²) < 4.78 is 17.0. The van der Waals surface area contributed by atoms with Crippen LogP contribution in [0.4, 0.5) is 0 Å². The van der Waals surface area contributed by atoms with Crippen LogP contribution >= 0.6 is 0 Å². The molecule has 0 aliphatic rings. The highest BCUT2D eigenvalue weighted by Gasteiger charge is 2.19. The summed E-state index contributed by atoms with van der Waals surface area (Å²) in [5.41, 5.74) is 0. The van der Waals surface area contributed by atoms with Crippen molar-refractivity contribution in [1.29, 1.82) is 0 Å². The van der Waals surface area contributed by atoms with Crippen molar-refractivity contribution in [3.8, 4) is 0 Å². The molecule has 0 aliphatic heterocycles. The fraction of sp³-hybridized carbons (Fsp3) is 0.875. The zero-order valence-electron chi connectivity index (χ0n) is 52.7. The van der Waals surface area contributed by atoms with Gasteiger partial charge in [-0.15, -0.1) is 0 Å². The van der Waals surface area contributed by atoms with Gasteiger partial charge < -0.3 is 14.2 Å². The zero-order valence-corrected chi connectivity index (χ0v) is 52.7. The molecule has 78 heavy (non-hydrogen) atoms. The van der Waals surface area contributed by atoms with E-state index in [9.17, 15) is 14.4 Å². The van der Waals surface area contributed by atoms with Gasteiger partial charge in [-0.3, -0.25) is 14.4 Å². The van der Waals surface area contributed by atoms with E-state index in [1.165, 1.54) is 250 Å². The van der Waals surface area contributed by atoms with Crippen molar-refractivity contribution in [2.45, 2.75) is 393 Å². The summed E-state index contributed by atoms with van der Waals surface area (Å²) in [5, 5.41) is 0. The van der Waals surface area contributed by atoms with E-state index in [2.05, 4.69) is 57.2 Å². The number of carbonyl (C=O) groups is 3. The first-order valence-electron chi connectivity index (χ1n) is 35.0. The second-order valence-corrected chi connectivity index (χ2v) is 23.8. The number of rotatable bonds is 65. The van der Waals surface area contributed by atoms with E-state index in [4.69, 9.17) is 14.2 Å². The SMILES string of the molecule is CC/C=C\C/C=C\C/C=C\CCCCCCCC(=O)OCC(COC(=O)CCCCCCCCCCCCCCCCCCCCCCCCCC)OC(=O)CCCCCCCCCCCCCCCCCCCCCCC. The highest BCUT2D eigenvalue weighted by Crippen LogP contribution is 2.19. The average Bonchev–Trinajstić information content (AvgIpc) is 3.44. The summed E-state index contributed by atoms with van der Waals surface area (Å²) in [6.45, 7) is 6.60. The van der Waals surface area contributed by atoms with Crippen LogP contribution < -0.4 is 0 Å². The quantitative estimate of drug-likeness (QED) is 0.0261. The molecule has 1 atom stereocenters. The molecule has 0 fully saturated rings. The summed E-state index contributed by atoms with van der Waals surface area (Å²) in [4.78, 5) is 38.4. The molecule has 0 aromatic heterocycles. The number of esters is 3. The minimum atomic E-state index is -0.777. The van der Waals surface area contributed by atoms with Crippen molar-refractivity contribution < 1.29 is 28.6 Å². The Hall–Kier alpha value is -2.37. The van der Waals surface area contributed by atoms with Crippen LogP contribution in [-0.2, 0) is 28.6 Å². The molecule has 0 N–H and O–H groups in total. The van der Waals surface area contributed by atoms with E-state index in [-0.39, 0.29) is 31.1 Å². The minimum Gasteiger partial charge on any atom is -0.462 e. The van der Waals surface area contributed by atoms with Crippen LogP contribution in [0.25, 0.3) is 0 Å². The third-order valence-corrected chi connectivity index (χ3v) is 15.9. The summed E-state index contributed by atoms with van der Waals surface area (Å²) >= 11 is 0. The molecule has 0 bridgehead atoms. The van der Waals surface area contributed by atoms with Gasteiger partial charge in [0.2, 0.25) is 0 Å². The summed E-state index contributed by atoms with van der Waals surface area (Å²) in [5.74, 6) is -0.859. The fourth-order valence-corrected chi connectivity index (χ4v) is 10.7. The summed E-state index contributed by atoms with van der Waals surface area (Å²) in [7, 11) is 0. The number of allylic oxidation sites excluding steroid dienone is 6. The monoisotopic (exact) mass is 1100 g/mol. The highest BCUT2D eigenvalue weighted by molar-refractivity contribution is 5.71. The third kappa shape index (κ3) is 64.5. The predicted octanol–water partition coefficient (Wildman–Crippen LogP) is 23.9. The molecule has 0 saturated heterocycles. The zero-order chi connectivity index (χ0) is 56.4. The molecule has 458 valence electrons. The first-order chi connectivity index (χ1) is 38.5. The van der Waals surface area contributed by atoms with Gasteiger partial charge in [0.1, 0.15) is 13.2 Å². The predicted molar refractivity (Wildman–Crippen MR) is 339 cm³/mol. The molecule has 6 heteroatoms. The molecule has 0 aromatic carbocycles. The molecular weight excluding hydrogens is 961 g/mol. The average molecular weight is 1100 g/mol. The molecule has 0 aliphatic carbocycles. The van der Waals surface area contributed by atoms with Crippen molar-refractivity contribution in [3.63, 3.8) is 0 Å². The van der Waals surface area contributed by atoms with Crippen molar-refractivity contribution in [2.75, 3.05) is 13.2 Å². The molecule has 6 nitrogen and oxygen atoms in total. The van der Waals surface area contributed by atoms with E-state index in [1.807, 2.05) is 0 Å². The molecule has 0 aromatic rings. The van der Waals surface area contributed by atoms with Gasteiger partial charge in [-0.25, -0.2) is 0 Å². The van der Waals surface area contributed by atoms with Crippen LogP contribution in [0.5, 0.6) is 0 Å². The van der Waals surface area contributed by atoms with Crippen LogP contribution in [0.15, 0.2) is 36.5 Å². The first kappa shape index (κ1) is 75.6. The lowest BCUT2D eigenvalue weighted by atomic mass is 10.0. The van der Waals surface area contributed by atoms with E-state index < -0.39 is 6.10 Å². The Bertz CT molecular complexity index is 1300. The molecule has 0 radical (unpaired) electrons. The van der Waals surface area contributed by atoms with Crippen molar-refractivity contribution in [1.82, 2.24) is 0 Å². The Morgan fingerprint density at radius 3 is 0.782 bits per heavy atom. The smallest absolute Gasteiger partial charge is 0.306 e. The van der Waals surface area contributed by atoms with Crippen molar-refractivity contribution >= 4 is 17.9 Å². The van der Waals surface area contributed by atoms with Crippen LogP contribution in [0.2, 0.25) is 0 Å². The topological polar surface area (TPSA) is 78.9 Å². The van der Waals surface area contributed by atoms with Crippen molar-refractivity contribution in [2.24, 2.45) is 0 Å². The normalized spacial score (nSPS) is 12.2. The Morgan fingerprint density at radius 1 is 0.269 bits per heavy atom. The maximum absolute atomic E-state index is 12.9. The largest absolute Gasteiger partial charge is 0.462 e. The molecule has 0 heterocycles. The summed E-state index contributed by atoms with van der Waals surface area (Å²) in [6, 6.07) is 0. The fourth-order valence-electron chi connectivity index (χ4n) is 10.7. The van der Waals surface area contributed by atoms with Crippen LogP contribution in [0, 0.1) is 0 Å². The maximum atomic E-state index is 12.9. The summed E-state index contributed by atoms with van der Waals surface area (Å²) in [6.07, 6.45) is 83.2. The Labute approximate surface area is 486 Å². The Kier molecular flexibility index (Phi) is 65.1. The molecular formula is C72H134O6. The van der Waals surface area contributed by atoms with Gasteiger partial charge in [-0.05, 0) is 51.4 Å². The third-order valence-electron chi connectivity index (χ3n) is 15.9. The van der Waals surface area contributed by atoms with Crippen LogP contribution in [0.1, 0.15) is 387 Å². The van der Waals surface area contributed by atoms with Gasteiger partial charge in [-0.1, -0.05) is 353 Å². The second-order valence-electron chi connectivity index (χ2n) is 23.8.